The summed E-state index contributed by atoms with van der Waals surface area (Å²) in [7, 11) is 0. The van der Waals surface area contributed by atoms with E-state index in [0.29, 0.717) is 12.6 Å². The van der Waals surface area contributed by atoms with Gasteiger partial charge in [-0.3, -0.25) is 4.79 Å². The number of benzene rings is 1. The van der Waals surface area contributed by atoms with Gasteiger partial charge in [0.25, 0.3) is 0 Å². The number of carbonyl (C=O) groups excluding carboxylic acids is 2. The van der Waals surface area contributed by atoms with E-state index in [-0.39, 0.29) is 30.3 Å². The van der Waals surface area contributed by atoms with Crippen LogP contribution in [0.1, 0.15) is 50.5 Å². The molecule has 3 aliphatic rings. The topological polar surface area (TPSA) is 78.7 Å². The first-order valence-corrected chi connectivity index (χ1v) is 10.4. The maximum atomic E-state index is 13.3. The van der Waals surface area contributed by atoms with E-state index in [9.17, 15) is 9.59 Å². The largest absolute Gasteiger partial charge is 0.398 e. The van der Waals surface area contributed by atoms with Crippen molar-refractivity contribution in [3.63, 3.8) is 0 Å². The number of amides is 3. The molecule has 2 aliphatic heterocycles. The number of piperidine rings is 1. The van der Waals surface area contributed by atoms with Gasteiger partial charge in [0.05, 0.1) is 5.92 Å². The van der Waals surface area contributed by atoms with Crippen molar-refractivity contribution in [2.75, 3.05) is 30.3 Å². The second-order valence-electron chi connectivity index (χ2n) is 8.15. The second-order valence-corrected chi connectivity index (χ2v) is 8.15. The highest BCUT2D eigenvalue weighted by Crippen LogP contribution is 2.33. The molecule has 0 spiro atoms. The number of hydrogen-bond acceptors (Lipinski definition) is 3. The summed E-state index contributed by atoms with van der Waals surface area (Å²) in [5.74, 6) is 0.0142. The van der Waals surface area contributed by atoms with Crippen molar-refractivity contribution in [3.8, 4) is 0 Å². The number of anilines is 2. The summed E-state index contributed by atoms with van der Waals surface area (Å²) in [6, 6.07) is 6.13. The fourth-order valence-corrected chi connectivity index (χ4v) is 4.80. The average Bonchev–Trinajstić information content (AvgIpc) is 3.20. The highest BCUT2D eigenvalue weighted by molar-refractivity contribution is 5.97. The molecule has 1 aromatic rings. The fraction of sp³-hybridized carbons (Fsp3) is 0.619. The standard InChI is InChI=1S/C21H30N4O2.ClH/c22-18-10-3-11-19-17(18)9-5-13-25(19)20(26)15-6-4-12-24(14-15)21(27)23-16-7-1-2-8-16;/h3,10-11,15-16H,1-2,4-9,12-14,22H2,(H,23,27);1H. The van der Waals surface area contributed by atoms with Crippen LogP contribution in [0.4, 0.5) is 16.2 Å². The SMILES string of the molecule is Cl.Nc1cccc2c1CCCN2C(=O)C1CCCN(C(=O)NC2CCCC2)C1. The molecule has 0 bridgehead atoms. The molecule has 1 aliphatic carbocycles. The van der Waals surface area contributed by atoms with Crippen molar-refractivity contribution < 1.29 is 9.59 Å². The van der Waals surface area contributed by atoms with Crippen molar-refractivity contribution in [2.24, 2.45) is 5.92 Å². The molecule has 1 aromatic carbocycles. The predicted molar refractivity (Wildman–Crippen MR) is 114 cm³/mol. The van der Waals surface area contributed by atoms with E-state index in [0.717, 1.165) is 68.6 Å². The van der Waals surface area contributed by atoms with E-state index in [1.54, 1.807) is 0 Å². The van der Waals surface area contributed by atoms with Crippen LogP contribution in [0.5, 0.6) is 0 Å². The van der Waals surface area contributed by atoms with Crippen molar-refractivity contribution in [3.05, 3.63) is 23.8 Å². The summed E-state index contributed by atoms with van der Waals surface area (Å²) in [4.78, 5) is 29.6. The number of nitrogens with two attached hydrogens (primary N) is 1. The zero-order valence-corrected chi connectivity index (χ0v) is 17.2. The van der Waals surface area contributed by atoms with Gasteiger partial charge in [-0.15, -0.1) is 12.4 Å². The smallest absolute Gasteiger partial charge is 0.317 e. The molecule has 1 unspecified atom stereocenters. The van der Waals surface area contributed by atoms with Gasteiger partial charge in [-0.25, -0.2) is 4.79 Å². The summed E-state index contributed by atoms with van der Waals surface area (Å²) in [6.07, 6.45) is 8.14. The molecular formula is C21H31ClN4O2. The van der Waals surface area contributed by atoms with Crippen LogP contribution >= 0.6 is 12.4 Å². The highest BCUT2D eigenvalue weighted by Gasteiger charge is 2.34. The maximum absolute atomic E-state index is 13.3. The van der Waals surface area contributed by atoms with E-state index in [2.05, 4.69) is 5.32 Å². The van der Waals surface area contributed by atoms with Crippen LogP contribution in [0.2, 0.25) is 0 Å². The van der Waals surface area contributed by atoms with E-state index in [1.165, 1.54) is 12.8 Å². The number of fused-ring (bicyclic) bond motifs is 1. The number of urea groups is 1. The minimum absolute atomic E-state index is 0. The second kappa shape index (κ2) is 9.03. The predicted octanol–water partition coefficient (Wildman–Crippen LogP) is 3.33. The molecule has 2 heterocycles. The van der Waals surface area contributed by atoms with Crippen molar-refractivity contribution in [1.82, 2.24) is 10.2 Å². The number of likely N-dealkylation sites (tertiary alicyclic amines) is 1. The lowest BCUT2D eigenvalue weighted by Crippen LogP contribution is -2.51. The Morgan fingerprint density at radius 2 is 1.82 bits per heavy atom. The van der Waals surface area contributed by atoms with E-state index in [1.807, 2.05) is 28.0 Å². The van der Waals surface area contributed by atoms with Gasteiger partial charge in [-0.2, -0.15) is 0 Å². The molecular weight excluding hydrogens is 376 g/mol. The first kappa shape index (κ1) is 20.8. The molecule has 0 aromatic heterocycles. The van der Waals surface area contributed by atoms with Crippen LogP contribution in [-0.4, -0.2) is 42.5 Å². The molecule has 1 atom stereocenters. The molecule has 0 radical (unpaired) electrons. The molecule has 3 N–H and O–H groups in total. The zero-order valence-electron chi connectivity index (χ0n) is 16.4. The first-order valence-electron chi connectivity index (χ1n) is 10.4. The van der Waals surface area contributed by atoms with E-state index >= 15 is 0 Å². The van der Waals surface area contributed by atoms with Crippen LogP contribution in [0, 0.1) is 5.92 Å². The number of nitrogens with one attached hydrogen (secondary N) is 1. The van der Waals surface area contributed by atoms with Gasteiger partial charge in [0.1, 0.15) is 0 Å². The molecule has 1 saturated heterocycles. The van der Waals surface area contributed by atoms with Crippen molar-refractivity contribution >= 4 is 35.7 Å². The summed E-state index contributed by atoms with van der Waals surface area (Å²) >= 11 is 0. The maximum Gasteiger partial charge on any atom is 0.317 e. The van der Waals surface area contributed by atoms with Gasteiger partial charge in [-0.1, -0.05) is 18.9 Å². The normalized spacial score (nSPS) is 22.4. The molecule has 4 rings (SSSR count). The van der Waals surface area contributed by atoms with Gasteiger partial charge < -0.3 is 20.9 Å². The van der Waals surface area contributed by atoms with Crippen molar-refractivity contribution in [2.45, 2.75) is 57.4 Å². The minimum atomic E-state index is -0.125. The number of halogens is 1. The lowest BCUT2D eigenvalue weighted by atomic mass is 9.93. The Bertz CT molecular complexity index is 720. The van der Waals surface area contributed by atoms with Gasteiger partial charge >= 0.3 is 6.03 Å². The molecule has 2 fully saturated rings. The molecule has 154 valence electrons. The number of rotatable bonds is 2. The third kappa shape index (κ3) is 4.22. The van der Waals surface area contributed by atoms with Gasteiger partial charge in [0.15, 0.2) is 0 Å². The molecule has 3 amide bonds. The highest BCUT2D eigenvalue weighted by atomic mass is 35.5. The van der Waals surface area contributed by atoms with Crippen LogP contribution in [0.25, 0.3) is 0 Å². The summed E-state index contributed by atoms with van der Waals surface area (Å²) in [5, 5.41) is 3.16. The molecule has 7 heteroatoms. The molecule has 28 heavy (non-hydrogen) atoms. The van der Waals surface area contributed by atoms with E-state index in [4.69, 9.17) is 5.73 Å². The van der Waals surface area contributed by atoms with Crippen LogP contribution in [-0.2, 0) is 11.2 Å². The van der Waals surface area contributed by atoms with Crippen LogP contribution in [0.3, 0.4) is 0 Å². The lowest BCUT2D eigenvalue weighted by Gasteiger charge is -2.37. The fourth-order valence-electron chi connectivity index (χ4n) is 4.80. The minimum Gasteiger partial charge on any atom is -0.398 e. The Morgan fingerprint density at radius 3 is 2.61 bits per heavy atom. The Labute approximate surface area is 173 Å². The summed E-state index contributed by atoms with van der Waals surface area (Å²) in [5.41, 5.74) is 8.94. The first-order chi connectivity index (χ1) is 13.1. The van der Waals surface area contributed by atoms with Gasteiger partial charge in [0, 0.05) is 37.1 Å². The third-order valence-corrected chi connectivity index (χ3v) is 6.29. The van der Waals surface area contributed by atoms with Crippen LogP contribution in [0.15, 0.2) is 18.2 Å². The van der Waals surface area contributed by atoms with Crippen molar-refractivity contribution in [1.29, 1.82) is 0 Å². The summed E-state index contributed by atoms with van der Waals surface area (Å²) < 4.78 is 0. The number of nitrogens with zero attached hydrogens (tertiary/aromatic N) is 2. The summed E-state index contributed by atoms with van der Waals surface area (Å²) in [6.45, 7) is 2.00. The number of nitrogen functional groups attached to an aromatic ring is 1. The number of carbonyl (C=O) groups is 2. The Hall–Kier alpha value is -1.95. The average molecular weight is 407 g/mol. The molecule has 6 nitrogen and oxygen atoms in total. The monoisotopic (exact) mass is 406 g/mol. The third-order valence-electron chi connectivity index (χ3n) is 6.29. The van der Waals surface area contributed by atoms with Crippen LogP contribution < -0.4 is 16.0 Å². The van der Waals surface area contributed by atoms with E-state index < -0.39 is 0 Å². The zero-order chi connectivity index (χ0) is 18.8. The number of hydrogen-bond donors (Lipinski definition) is 2. The Balaban J connectivity index is 0.00000225. The van der Waals surface area contributed by atoms with Gasteiger partial charge in [-0.05, 0) is 56.2 Å². The Morgan fingerprint density at radius 1 is 1.04 bits per heavy atom. The lowest BCUT2D eigenvalue weighted by molar-refractivity contribution is -0.123. The molecule has 1 saturated carbocycles. The van der Waals surface area contributed by atoms with Gasteiger partial charge in [0.2, 0.25) is 5.91 Å². The Kier molecular flexibility index (Phi) is 6.70. The quantitative estimate of drug-likeness (QED) is 0.739.